The summed E-state index contributed by atoms with van der Waals surface area (Å²) in [5, 5.41) is 2.59. The Hall–Kier alpha value is -3.61. The van der Waals surface area contributed by atoms with E-state index in [-0.39, 0.29) is 30.1 Å². The normalized spacial score (nSPS) is 15.5. The van der Waals surface area contributed by atoms with E-state index < -0.39 is 5.91 Å². The van der Waals surface area contributed by atoms with Gasteiger partial charge in [-0.1, -0.05) is 30.3 Å². The predicted molar refractivity (Wildman–Crippen MR) is 104 cm³/mol. The number of hydrogen-bond donors (Lipinski definition) is 1. The van der Waals surface area contributed by atoms with Crippen molar-refractivity contribution in [3.8, 4) is 5.75 Å². The highest BCUT2D eigenvalue weighted by atomic mass is 19.1. The van der Waals surface area contributed by atoms with Crippen LogP contribution in [0.15, 0.2) is 60.8 Å². The molecule has 6 nitrogen and oxygen atoms in total. The zero-order valence-electron chi connectivity index (χ0n) is 15.5. The second kappa shape index (κ2) is 8.18. The maximum atomic E-state index is 13.2. The molecule has 0 aliphatic heterocycles. The number of ketones is 1. The number of fused-ring (bicyclic) bond motifs is 1. The number of hydrogen-bond acceptors (Lipinski definition) is 5. The van der Waals surface area contributed by atoms with Crippen LogP contribution in [0, 0.1) is 5.82 Å². The molecule has 1 aliphatic carbocycles. The number of halogens is 1. The molecule has 0 saturated heterocycles. The van der Waals surface area contributed by atoms with Crippen LogP contribution in [0.1, 0.15) is 34.0 Å². The number of nitrogens with one attached hydrogen (secondary N) is 1. The van der Waals surface area contributed by atoms with E-state index in [1.807, 2.05) is 18.2 Å². The average molecular weight is 391 g/mol. The van der Waals surface area contributed by atoms with Crippen LogP contribution in [0.3, 0.4) is 0 Å². The van der Waals surface area contributed by atoms with Crippen LogP contribution in [0.5, 0.6) is 5.75 Å². The maximum absolute atomic E-state index is 13.2. The Morgan fingerprint density at radius 2 is 1.86 bits per heavy atom. The van der Waals surface area contributed by atoms with Gasteiger partial charge in [-0.3, -0.25) is 14.9 Å². The first-order valence-corrected chi connectivity index (χ1v) is 9.21. The van der Waals surface area contributed by atoms with Gasteiger partial charge in [-0.2, -0.15) is 0 Å². The molecule has 4 rings (SSSR count). The molecule has 146 valence electrons. The van der Waals surface area contributed by atoms with E-state index in [4.69, 9.17) is 4.74 Å². The van der Waals surface area contributed by atoms with Crippen molar-refractivity contribution in [2.75, 3.05) is 11.9 Å². The van der Waals surface area contributed by atoms with Crippen LogP contribution < -0.4 is 10.1 Å². The molecule has 1 aromatic heterocycles. The van der Waals surface area contributed by atoms with Crippen molar-refractivity contribution in [1.29, 1.82) is 0 Å². The molecule has 0 unspecified atom stereocenters. The molecule has 0 radical (unpaired) electrons. The van der Waals surface area contributed by atoms with Gasteiger partial charge in [-0.15, -0.1) is 0 Å². The standard InChI is InChI=1S/C22H18FN3O3/c23-16-8-6-14(7-9-16)15-10-19-18(20(27)11-15)12-24-22(25-19)26-21(28)13-29-17-4-2-1-3-5-17/h1-9,12,15H,10-11,13H2,(H,24,25,26,28)/t15-/m1/s1. The van der Waals surface area contributed by atoms with E-state index in [0.717, 1.165) is 5.56 Å². The summed E-state index contributed by atoms with van der Waals surface area (Å²) in [7, 11) is 0. The SMILES string of the molecule is O=C(COc1ccccc1)Nc1ncc2c(n1)C[C@@H](c1ccc(F)cc1)CC2=O. The van der Waals surface area contributed by atoms with E-state index in [2.05, 4.69) is 15.3 Å². The van der Waals surface area contributed by atoms with Gasteiger partial charge in [0.05, 0.1) is 11.3 Å². The van der Waals surface area contributed by atoms with Gasteiger partial charge in [-0.05, 0) is 42.2 Å². The lowest BCUT2D eigenvalue weighted by Crippen LogP contribution is -2.24. The highest BCUT2D eigenvalue weighted by molar-refractivity contribution is 5.99. The van der Waals surface area contributed by atoms with Crippen molar-refractivity contribution in [3.63, 3.8) is 0 Å². The zero-order valence-corrected chi connectivity index (χ0v) is 15.5. The van der Waals surface area contributed by atoms with Crippen molar-refractivity contribution in [2.24, 2.45) is 0 Å². The fourth-order valence-electron chi connectivity index (χ4n) is 3.30. The second-order valence-electron chi connectivity index (χ2n) is 6.78. The molecule has 29 heavy (non-hydrogen) atoms. The minimum absolute atomic E-state index is 0.0640. The number of carbonyl (C=O) groups excluding carboxylic acids is 2. The molecule has 2 aromatic carbocycles. The fraction of sp³-hybridized carbons (Fsp3) is 0.182. The third-order valence-electron chi connectivity index (χ3n) is 4.75. The average Bonchev–Trinajstić information content (AvgIpc) is 2.73. The molecule has 1 heterocycles. The molecule has 0 spiro atoms. The zero-order chi connectivity index (χ0) is 20.2. The van der Waals surface area contributed by atoms with Crippen molar-refractivity contribution >= 4 is 17.6 Å². The number of Topliss-reactive ketones (excluding diaryl/α,β-unsaturated/α-hetero) is 1. The van der Waals surface area contributed by atoms with Crippen LogP contribution in [0.4, 0.5) is 10.3 Å². The van der Waals surface area contributed by atoms with Gasteiger partial charge in [-0.25, -0.2) is 14.4 Å². The summed E-state index contributed by atoms with van der Waals surface area (Å²) in [5.41, 5.74) is 1.91. The van der Waals surface area contributed by atoms with E-state index in [1.165, 1.54) is 18.3 Å². The lowest BCUT2D eigenvalue weighted by Gasteiger charge is -2.23. The van der Waals surface area contributed by atoms with E-state index in [9.17, 15) is 14.0 Å². The third-order valence-corrected chi connectivity index (χ3v) is 4.75. The summed E-state index contributed by atoms with van der Waals surface area (Å²) in [6.45, 7) is -0.179. The molecular weight excluding hydrogens is 373 g/mol. The lowest BCUT2D eigenvalue weighted by atomic mass is 9.82. The van der Waals surface area contributed by atoms with Gasteiger partial charge < -0.3 is 4.74 Å². The quantitative estimate of drug-likeness (QED) is 0.719. The largest absolute Gasteiger partial charge is 0.484 e. The predicted octanol–water partition coefficient (Wildman–Crippen LogP) is 3.55. The molecule has 1 atom stereocenters. The van der Waals surface area contributed by atoms with Crippen LogP contribution in [0.2, 0.25) is 0 Å². The number of anilines is 1. The first-order valence-electron chi connectivity index (χ1n) is 9.21. The number of carbonyl (C=O) groups is 2. The fourth-order valence-corrected chi connectivity index (χ4v) is 3.30. The monoisotopic (exact) mass is 391 g/mol. The van der Waals surface area contributed by atoms with E-state index in [1.54, 1.807) is 24.3 Å². The first kappa shape index (κ1) is 18.7. The van der Waals surface area contributed by atoms with Crippen LogP contribution in [0.25, 0.3) is 0 Å². The summed E-state index contributed by atoms with van der Waals surface area (Å²) < 4.78 is 18.6. The molecule has 1 amide bonds. The van der Waals surface area contributed by atoms with Crippen LogP contribution in [-0.2, 0) is 11.2 Å². The number of para-hydroxylation sites is 1. The molecule has 7 heteroatoms. The number of rotatable bonds is 5. The molecule has 1 N–H and O–H groups in total. The van der Waals surface area contributed by atoms with Gasteiger partial charge in [0.25, 0.3) is 5.91 Å². The minimum Gasteiger partial charge on any atom is -0.484 e. The summed E-state index contributed by atoms with van der Waals surface area (Å²) >= 11 is 0. The van der Waals surface area contributed by atoms with Gasteiger partial charge >= 0.3 is 0 Å². The van der Waals surface area contributed by atoms with E-state index in [0.29, 0.717) is 29.8 Å². The van der Waals surface area contributed by atoms with Gasteiger partial charge in [0.2, 0.25) is 5.95 Å². The van der Waals surface area contributed by atoms with Gasteiger partial charge in [0.15, 0.2) is 12.4 Å². The maximum Gasteiger partial charge on any atom is 0.264 e. The topological polar surface area (TPSA) is 81.2 Å². The number of aromatic nitrogens is 2. The van der Waals surface area contributed by atoms with Crippen molar-refractivity contribution in [2.45, 2.75) is 18.8 Å². The Morgan fingerprint density at radius 1 is 1.10 bits per heavy atom. The highest BCUT2D eigenvalue weighted by Crippen LogP contribution is 2.32. The Bertz CT molecular complexity index is 1040. The Balaban J connectivity index is 1.45. The Morgan fingerprint density at radius 3 is 2.62 bits per heavy atom. The van der Waals surface area contributed by atoms with Crippen molar-refractivity contribution in [1.82, 2.24) is 9.97 Å². The number of nitrogens with zero attached hydrogens (tertiary/aromatic N) is 2. The van der Waals surface area contributed by atoms with Crippen molar-refractivity contribution in [3.05, 3.63) is 83.4 Å². The van der Waals surface area contributed by atoms with Gasteiger partial charge in [0, 0.05) is 12.6 Å². The summed E-state index contributed by atoms with van der Waals surface area (Å²) in [4.78, 5) is 33.0. The number of amides is 1. The summed E-state index contributed by atoms with van der Waals surface area (Å²) in [6.07, 6.45) is 2.27. The number of benzene rings is 2. The van der Waals surface area contributed by atoms with E-state index >= 15 is 0 Å². The third kappa shape index (κ3) is 4.45. The Kier molecular flexibility index (Phi) is 5.29. The number of ether oxygens (including phenoxy) is 1. The molecule has 1 aliphatic rings. The minimum atomic E-state index is -0.397. The van der Waals surface area contributed by atoms with Gasteiger partial charge in [0.1, 0.15) is 11.6 Å². The molecular formula is C22H18FN3O3. The molecule has 0 saturated carbocycles. The molecule has 3 aromatic rings. The smallest absolute Gasteiger partial charge is 0.264 e. The highest BCUT2D eigenvalue weighted by Gasteiger charge is 2.28. The van der Waals surface area contributed by atoms with Crippen molar-refractivity contribution < 1.29 is 18.7 Å². The lowest BCUT2D eigenvalue weighted by molar-refractivity contribution is -0.118. The summed E-state index contributed by atoms with van der Waals surface area (Å²) in [5.74, 6) is -0.159. The molecule has 0 fully saturated rings. The van der Waals surface area contributed by atoms with Crippen LogP contribution >= 0.6 is 0 Å². The second-order valence-corrected chi connectivity index (χ2v) is 6.78. The Labute approximate surface area is 166 Å². The molecule has 0 bridgehead atoms. The van der Waals surface area contributed by atoms with Crippen LogP contribution in [-0.4, -0.2) is 28.3 Å². The first-order chi connectivity index (χ1) is 14.1. The summed E-state index contributed by atoms with van der Waals surface area (Å²) in [6, 6.07) is 15.1.